The molecule has 2 aromatic rings. The van der Waals surface area contributed by atoms with E-state index in [1.807, 2.05) is 0 Å². The second-order valence-electron chi connectivity index (χ2n) is 9.17. The van der Waals surface area contributed by atoms with Crippen molar-refractivity contribution in [2.75, 3.05) is 0 Å². The van der Waals surface area contributed by atoms with Gasteiger partial charge in [0.1, 0.15) is 5.75 Å². The van der Waals surface area contributed by atoms with E-state index < -0.39 is 23.7 Å². The second kappa shape index (κ2) is 11.1. The van der Waals surface area contributed by atoms with Gasteiger partial charge in [0.05, 0.1) is 5.56 Å². The summed E-state index contributed by atoms with van der Waals surface area (Å²) < 4.78 is 55.2. The molecule has 0 amide bonds. The monoisotopic (exact) mass is 486 g/mol. The highest BCUT2D eigenvalue weighted by molar-refractivity contribution is 5.91. The predicted molar refractivity (Wildman–Crippen MR) is 125 cm³/mol. The summed E-state index contributed by atoms with van der Waals surface area (Å²) in [4.78, 5) is 12.7. The summed E-state index contributed by atoms with van der Waals surface area (Å²) in [7, 11) is 0. The van der Waals surface area contributed by atoms with Gasteiger partial charge >= 0.3 is 12.3 Å². The molecule has 2 aliphatic carbocycles. The van der Waals surface area contributed by atoms with Crippen LogP contribution in [-0.2, 0) is 0 Å². The standard InChI is InChI=1S/C28H29F3O4/c29-28(30,31)35-24-15-14-22(26(32)33-23-12-6-2-7-13-23)20-25(24)34-27(17-8-3-9-18-27)19-16-21-10-4-1-5-11-21/h2,6-7,12-15,20-21H,1,3-5,8-11,17-18H2. The molecule has 7 heteroatoms. The SMILES string of the molecule is O=C(Oc1ccccc1)c1ccc(OC(F)(F)F)c(OC2(C#CC3CCCCC3)CCCCC2)c1. The lowest BCUT2D eigenvalue weighted by molar-refractivity contribution is -0.275. The molecule has 35 heavy (non-hydrogen) atoms. The van der Waals surface area contributed by atoms with Crippen LogP contribution in [0.5, 0.6) is 17.2 Å². The number of hydrogen-bond acceptors (Lipinski definition) is 4. The minimum Gasteiger partial charge on any atom is -0.471 e. The largest absolute Gasteiger partial charge is 0.573 e. The third-order valence-corrected chi connectivity index (χ3v) is 6.43. The molecule has 0 bridgehead atoms. The highest BCUT2D eigenvalue weighted by atomic mass is 19.4. The number of para-hydroxylation sites is 1. The smallest absolute Gasteiger partial charge is 0.471 e. The fourth-order valence-corrected chi connectivity index (χ4v) is 4.64. The molecule has 0 radical (unpaired) electrons. The molecule has 0 saturated heterocycles. The van der Waals surface area contributed by atoms with Crippen LogP contribution in [0.25, 0.3) is 0 Å². The number of rotatable bonds is 5. The lowest BCUT2D eigenvalue weighted by Crippen LogP contribution is -2.37. The lowest BCUT2D eigenvalue weighted by Gasteiger charge is -2.34. The van der Waals surface area contributed by atoms with Gasteiger partial charge in [-0.2, -0.15) is 0 Å². The first kappa shape index (κ1) is 25.0. The summed E-state index contributed by atoms with van der Waals surface area (Å²) in [6, 6.07) is 12.0. The van der Waals surface area contributed by atoms with Crippen molar-refractivity contribution in [1.82, 2.24) is 0 Å². The van der Waals surface area contributed by atoms with Gasteiger partial charge in [-0.3, -0.25) is 0 Å². The summed E-state index contributed by atoms with van der Waals surface area (Å²) in [5, 5.41) is 0. The Kier molecular flexibility index (Phi) is 7.90. The summed E-state index contributed by atoms with van der Waals surface area (Å²) in [5.74, 6) is 5.91. The van der Waals surface area contributed by atoms with Crippen molar-refractivity contribution in [3.63, 3.8) is 0 Å². The summed E-state index contributed by atoms with van der Waals surface area (Å²) in [6.45, 7) is 0. The zero-order valence-corrected chi connectivity index (χ0v) is 19.5. The Bertz CT molecular complexity index is 1060. The maximum atomic E-state index is 13.1. The molecule has 0 aliphatic heterocycles. The van der Waals surface area contributed by atoms with Crippen molar-refractivity contribution in [3.8, 4) is 29.1 Å². The Morgan fingerprint density at radius 3 is 2.26 bits per heavy atom. The Labute approximate surface area is 203 Å². The molecule has 4 nitrogen and oxygen atoms in total. The Balaban J connectivity index is 1.64. The van der Waals surface area contributed by atoms with Gasteiger partial charge in [-0.15, -0.1) is 13.2 Å². The van der Waals surface area contributed by atoms with Crippen LogP contribution in [0.4, 0.5) is 13.2 Å². The van der Waals surface area contributed by atoms with Crippen LogP contribution in [0.15, 0.2) is 48.5 Å². The van der Waals surface area contributed by atoms with Gasteiger partial charge in [-0.05, 0) is 68.9 Å². The van der Waals surface area contributed by atoms with E-state index in [1.165, 1.54) is 18.6 Å². The highest BCUT2D eigenvalue weighted by Gasteiger charge is 2.37. The normalized spacial score (nSPS) is 18.1. The van der Waals surface area contributed by atoms with Gasteiger partial charge in [-0.25, -0.2) is 4.79 Å². The number of esters is 1. The van der Waals surface area contributed by atoms with E-state index in [-0.39, 0.29) is 17.2 Å². The third-order valence-electron chi connectivity index (χ3n) is 6.43. The number of carbonyl (C=O) groups excluding carboxylic acids is 1. The van der Waals surface area contributed by atoms with Gasteiger partial charge in [0.2, 0.25) is 0 Å². The van der Waals surface area contributed by atoms with E-state index in [1.54, 1.807) is 30.3 Å². The molecule has 2 aromatic carbocycles. The Morgan fingerprint density at radius 2 is 1.57 bits per heavy atom. The van der Waals surface area contributed by atoms with Crippen molar-refractivity contribution < 1.29 is 32.2 Å². The van der Waals surface area contributed by atoms with Crippen molar-refractivity contribution in [2.24, 2.45) is 5.92 Å². The molecule has 2 aliphatic rings. The minimum absolute atomic E-state index is 0.0598. The Hall–Kier alpha value is -3.14. The average molecular weight is 487 g/mol. The van der Waals surface area contributed by atoms with E-state index in [0.717, 1.165) is 51.0 Å². The van der Waals surface area contributed by atoms with Crippen LogP contribution in [0, 0.1) is 17.8 Å². The van der Waals surface area contributed by atoms with Crippen LogP contribution in [0.2, 0.25) is 0 Å². The molecule has 0 N–H and O–H groups in total. The second-order valence-corrected chi connectivity index (χ2v) is 9.17. The van der Waals surface area contributed by atoms with Crippen molar-refractivity contribution in [2.45, 2.75) is 76.2 Å². The summed E-state index contributed by atoms with van der Waals surface area (Å²) in [6.07, 6.45) is 4.62. The van der Waals surface area contributed by atoms with Crippen molar-refractivity contribution in [3.05, 3.63) is 54.1 Å². The van der Waals surface area contributed by atoms with E-state index in [4.69, 9.17) is 9.47 Å². The predicted octanol–water partition coefficient (Wildman–Crippen LogP) is 7.47. The number of halogens is 3. The molecule has 0 unspecified atom stereocenters. The van der Waals surface area contributed by atoms with E-state index >= 15 is 0 Å². The first-order valence-electron chi connectivity index (χ1n) is 12.2. The number of benzene rings is 2. The Morgan fingerprint density at radius 1 is 0.886 bits per heavy atom. The zero-order chi connectivity index (χ0) is 24.7. The molecular weight excluding hydrogens is 457 g/mol. The van der Waals surface area contributed by atoms with Gasteiger partial charge in [-0.1, -0.05) is 55.7 Å². The van der Waals surface area contributed by atoms with Crippen LogP contribution in [0.1, 0.15) is 74.6 Å². The topological polar surface area (TPSA) is 44.8 Å². The van der Waals surface area contributed by atoms with Crippen molar-refractivity contribution >= 4 is 5.97 Å². The van der Waals surface area contributed by atoms with Crippen LogP contribution < -0.4 is 14.2 Å². The van der Waals surface area contributed by atoms with Crippen LogP contribution in [-0.4, -0.2) is 17.9 Å². The maximum Gasteiger partial charge on any atom is 0.573 e. The zero-order valence-electron chi connectivity index (χ0n) is 19.5. The number of alkyl halides is 3. The fourth-order valence-electron chi connectivity index (χ4n) is 4.64. The summed E-state index contributed by atoms with van der Waals surface area (Å²) in [5.41, 5.74) is -0.856. The number of ether oxygens (including phenoxy) is 3. The molecule has 0 aromatic heterocycles. The fraction of sp³-hybridized carbons (Fsp3) is 0.464. The lowest BCUT2D eigenvalue weighted by atomic mass is 9.83. The average Bonchev–Trinajstić information content (AvgIpc) is 2.85. The molecule has 186 valence electrons. The van der Waals surface area contributed by atoms with Crippen LogP contribution in [0.3, 0.4) is 0 Å². The van der Waals surface area contributed by atoms with E-state index in [2.05, 4.69) is 16.6 Å². The molecule has 2 saturated carbocycles. The third kappa shape index (κ3) is 7.17. The minimum atomic E-state index is -4.91. The van der Waals surface area contributed by atoms with Gasteiger partial charge < -0.3 is 14.2 Å². The van der Waals surface area contributed by atoms with E-state index in [9.17, 15) is 18.0 Å². The van der Waals surface area contributed by atoms with E-state index in [0.29, 0.717) is 18.6 Å². The van der Waals surface area contributed by atoms with Crippen molar-refractivity contribution in [1.29, 1.82) is 0 Å². The first-order valence-corrected chi connectivity index (χ1v) is 12.2. The van der Waals surface area contributed by atoms with Gasteiger partial charge in [0, 0.05) is 5.92 Å². The first-order chi connectivity index (χ1) is 16.8. The highest BCUT2D eigenvalue weighted by Crippen LogP contribution is 2.40. The molecule has 0 spiro atoms. The number of carbonyl (C=O) groups is 1. The molecule has 0 atom stereocenters. The maximum absolute atomic E-state index is 13.1. The quantitative estimate of drug-likeness (QED) is 0.250. The van der Waals surface area contributed by atoms with Gasteiger partial charge in [0.15, 0.2) is 17.1 Å². The molecule has 4 rings (SSSR count). The van der Waals surface area contributed by atoms with Crippen LogP contribution >= 0.6 is 0 Å². The van der Waals surface area contributed by atoms with Gasteiger partial charge in [0.25, 0.3) is 0 Å². The summed E-state index contributed by atoms with van der Waals surface area (Å²) >= 11 is 0. The number of hydrogen-bond donors (Lipinski definition) is 0. The molecular formula is C28H29F3O4. The molecule has 0 heterocycles. The molecule has 2 fully saturated rings.